The molecule has 0 aliphatic heterocycles. The van der Waals surface area contributed by atoms with Crippen molar-refractivity contribution in [3.63, 3.8) is 0 Å². The van der Waals surface area contributed by atoms with E-state index in [4.69, 9.17) is 19.4 Å². The SMILES string of the molecule is c1ccc(-c2cccc(-c3cccc(-c4nc(-c5ccc6c7ccccc7n(-c7ccc8c(c7)oc7ccccc78)c6c5)nc(-n5c6ccccc6c6ccccc65)n4)c3)c2)cc1. The Hall–Kier alpha value is -8.61. The minimum Gasteiger partial charge on any atom is -0.456 e. The Balaban J connectivity index is 1.02. The second-order valence-electron chi connectivity index (χ2n) is 16.0. The number of nitrogens with zero attached hydrogens (tertiary/aromatic N) is 5. The molecule has 0 aliphatic carbocycles. The maximum Gasteiger partial charge on any atom is 0.238 e. The van der Waals surface area contributed by atoms with Crippen LogP contribution in [0.5, 0.6) is 0 Å². The first-order valence-electron chi connectivity index (χ1n) is 21.2. The van der Waals surface area contributed by atoms with Crippen LogP contribution in [0.2, 0.25) is 0 Å². The van der Waals surface area contributed by atoms with Crippen LogP contribution < -0.4 is 0 Å². The fourth-order valence-electron chi connectivity index (χ4n) is 9.45. The lowest BCUT2D eigenvalue weighted by molar-refractivity contribution is 0.668. The van der Waals surface area contributed by atoms with Gasteiger partial charge in [0.15, 0.2) is 11.6 Å². The van der Waals surface area contributed by atoms with E-state index in [1.165, 1.54) is 16.5 Å². The number of benzene rings is 9. The summed E-state index contributed by atoms with van der Waals surface area (Å²) in [7, 11) is 0. The van der Waals surface area contributed by atoms with Crippen LogP contribution in [0.15, 0.2) is 217 Å². The molecule has 13 rings (SSSR count). The lowest BCUT2D eigenvalue weighted by Crippen LogP contribution is -2.06. The molecule has 0 unspecified atom stereocenters. The summed E-state index contributed by atoms with van der Waals surface area (Å²) in [5, 5.41) is 6.80. The summed E-state index contributed by atoms with van der Waals surface area (Å²) in [6.45, 7) is 0. The van der Waals surface area contributed by atoms with Crippen LogP contribution in [0.25, 0.3) is 122 Å². The zero-order valence-electron chi connectivity index (χ0n) is 33.9. The van der Waals surface area contributed by atoms with E-state index in [9.17, 15) is 0 Å². The summed E-state index contributed by atoms with van der Waals surface area (Å²) in [5.74, 6) is 1.73. The smallest absolute Gasteiger partial charge is 0.238 e. The fourth-order valence-corrected chi connectivity index (χ4v) is 9.45. The molecule has 0 saturated heterocycles. The quantitative estimate of drug-likeness (QED) is 0.168. The topological polar surface area (TPSA) is 61.7 Å². The van der Waals surface area contributed by atoms with Gasteiger partial charge in [-0.3, -0.25) is 4.57 Å². The molecular weight excluding hydrogens is 771 g/mol. The molecule has 63 heavy (non-hydrogen) atoms. The van der Waals surface area contributed by atoms with Crippen molar-refractivity contribution in [2.24, 2.45) is 0 Å². The number of fused-ring (bicyclic) bond motifs is 9. The minimum absolute atomic E-state index is 0.555. The predicted molar refractivity (Wildman–Crippen MR) is 258 cm³/mol. The molecule has 0 bridgehead atoms. The number of rotatable bonds is 6. The number of hydrogen-bond acceptors (Lipinski definition) is 4. The van der Waals surface area contributed by atoms with Crippen molar-refractivity contribution in [1.29, 1.82) is 0 Å². The van der Waals surface area contributed by atoms with E-state index >= 15 is 0 Å². The van der Waals surface area contributed by atoms with Crippen molar-refractivity contribution >= 4 is 65.6 Å². The van der Waals surface area contributed by atoms with Crippen molar-refractivity contribution in [3.8, 4) is 56.7 Å². The summed E-state index contributed by atoms with van der Waals surface area (Å²) >= 11 is 0. The van der Waals surface area contributed by atoms with Gasteiger partial charge in [-0.1, -0.05) is 152 Å². The van der Waals surface area contributed by atoms with E-state index < -0.39 is 0 Å². The highest BCUT2D eigenvalue weighted by Gasteiger charge is 2.20. The number of hydrogen-bond donors (Lipinski definition) is 0. The van der Waals surface area contributed by atoms with Gasteiger partial charge in [-0.25, -0.2) is 4.98 Å². The Bertz CT molecular complexity index is 3880. The van der Waals surface area contributed by atoms with Gasteiger partial charge in [-0.05, 0) is 76.9 Å². The first-order chi connectivity index (χ1) is 31.2. The van der Waals surface area contributed by atoms with Crippen LogP contribution >= 0.6 is 0 Å². The van der Waals surface area contributed by atoms with Crippen LogP contribution in [0, 0.1) is 0 Å². The number of para-hydroxylation sites is 4. The molecule has 13 aromatic rings. The maximum absolute atomic E-state index is 6.39. The molecule has 0 spiro atoms. The Morgan fingerprint density at radius 2 is 0.762 bits per heavy atom. The number of furan rings is 1. The third-order valence-corrected chi connectivity index (χ3v) is 12.4. The van der Waals surface area contributed by atoms with E-state index in [1.807, 2.05) is 18.2 Å². The van der Waals surface area contributed by atoms with Crippen LogP contribution in [0.1, 0.15) is 0 Å². The zero-order chi connectivity index (χ0) is 41.4. The normalized spacial score (nSPS) is 11.8. The average Bonchev–Trinajstić information content (AvgIpc) is 4.01. The summed E-state index contributed by atoms with van der Waals surface area (Å²) in [6.07, 6.45) is 0. The first-order valence-corrected chi connectivity index (χ1v) is 21.2. The molecule has 0 saturated carbocycles. The summed E-state index contributed by atoms with van der Waals surface area (Å²) in [4.78, 5) is 16.0. The van der Waals surface area contributed by atoms with Crippen molar-refractivity contribution in [2.45, 2.75) is 0 Å². The molecule has 0 atom stereocenters. The lowest BCUT2D eigenvalue weighted by Gasteiger charge is -2.12. The molecule has 0 radical (unpaired) electrons. The molecule has 4 aromatic heterocycles. The Morgan fingerprint density at radius 3 is 1.44 bits per heavy atom. The molecule has 294 valence electrons. The molecule has 4 heterocycles. The summed E-state index contributed by atoms with van der Waals surface area (Å²) in [5.41, 5.74) is 13.3. The van der Waals surface area contributed by atoms with Crippen LogP contribution in [-0.4, -0.2) is 24.1 Å². The molecule has 0 N–H and O–H groups in total. The van der Waals surface area contributed by atoms with E-state index in [1.54, 1.807) is 0 Å². The van der Waals surface area contributed by atoms with Gasteiger partial charge in [0, 0.05) is 55.2 Å². The van der Waals surface area contributed by atoms with Gasteiger partial charge in [0.25, 0.3) is 0 Å². The standard InChI is InChI=1S/C57H35N5O/c1-2-14-36(15-3-1)37-16-12-17-38(32-37)39-18-13-19-40(33-39)55-58-56(60-57(59-55)62-50-25-9-5-20-43(50)44-21-6-10-26-51(44)62)41-28-30-46-45-22-4-8-24-49(45)61(52(46)34-41)42-29-31-48-47-23-7-11-27-53(47)63-54(48)35-42/h1-35H. The lowest BCUT2D eigenvalue weighted by atomic mass is 9.98. The maximum atomic E-state index is 6.39. The van der Waals surface area contributed by atoms with Gasteiger partial charge in [-0.2, -0.15) is 9.97 Å². The van der Waals surface area contributed by atoms with E-state index in [0.717, 1.165) is 88.1 Å². The van der Waals surface area contributed by atoms with Gasteiger partial charge >= 0.3 is 0 Å². The number of aromatic nitrogens is 5. The molecule has 0 aliphatic rings. The Kier molecular flexibility index (Phi) is 7.80. The van der Waals surface area contributed by atoms with E-state index in [-0.39, 0.29) is 0 Å². The van der Waals surface area contributed by atoms with Gasteiger partial charge in [0.2, 0.25) is 5.95 Å². The zero-order valence-corrected chi connectivity index (χ0v) is 33.9. The summed E-state index contributed by atoms with van der Waals surface area (Å²) < 4.78 is 10.9. The molecule has 6 nitrogen and oxygen atoms in total. The average molecular weight is 806 g/mol. The van der Waals surface area contributed by atoms with E-state index in [0.29, 0.717) is 17.6 Å². The second-order valence-corrected chi connectivity index (χ2v) is 16.0. The Labute approximate surface area is 361 Å². The first kappa shape index (κ1) is 35.2. The second kappa shape index (κ2) is 14.0. The molecular formula is C57H35N5O. The van der Waals surface area contributed by atoms with Gasteiger partial charge in [-0.15, -0.1) is 0 Å². The van der Waals surface area contributed by atoms with Gasteiger partial charge < -0.3 is 8.98 Å². The van der Waals surface area contributed by atoms with Gasteiger partial charge in [0.05, 0.1) is 22.1 Å². The van der Waals surface area contributed by atoms with Crippen molar-refractivity contribution in [1.82, 2.24) is 24.1 Å². The molecule has 0 fully saturated rings. The molecule has 9 aromatic carbocycles. The Morgan fingerprint density at radius 1 is 0.286 bits per heavy atom. The van der Waals surface area contributed by atoms with Crippen LogP contribution in [-0.2, 0) is 0 Å². The van der Waals surface area contributed by atoms with Crippen molar-refractivity contribution < 1.29 is 4.42 Å². The predicted octanol–water partition coefficient (Wildman–Crippen LogP) is 14.6. The van der Waals surface area contributed by atoms with Crippen molar-refractivity contribution in [2.75, 3.05) is 0 Å². The third kappa shape index (κ3) is 5.69. The highest BCUT2D eigenvalue weighted by molar-refractivity contribution is 6.11. The molecule has 0 amide bonds. The largest absolute Gasteiger partial charge is 0.456 e. The molecule has 6 heteroatoms. The van der Waals surface area contributed by atoms with E-state index in [2.05, 4.69) is 203 Å². The van der Waals surface area contributed by atoms with Crippen LogP contribution in [0.4, 0.5) is 0 Å². The highest BCUT2D eigenvalue weighted by Crippen LogP contribution is 2.38. The summed E-state index contributed by atoms with van der Waals surface area (Å²) in [6, 6.07) is 74.5. The third-order valence-electron chi connectivity index (χ3n) is 12.4. The monoisotopic (exact) mass is 805 g/mol. The fraction of sp³-hybridized carbons (Fsp3) is 0. The minimum atomic E-state index is 0.555. The van der Waals surface area contributed by atoms with Gasteiger partial charge in [0.1, 0.15) is 11.2 Å². The van der Waals surface area contributed by atoms with Crippen LogP contribution in [0.3, 0.4) is 0 Å². The highest BCUT2D eigenvalue weighted by atomic mass is 16.3. The van der Waals surface area contributed by atoms with Crippen molar-refractivity contribution in [3.05, 3.63) is 212 Å².